The fourth-order valence-corrected chi connectivity index (χ4v) is 4.47. The number of benzene rings is 3. The summed E-state index contributed by atoms with van der Waals surface area (Å²) >= 11 is 0. The van der Waals surface area contributed by atoms with Gasteiger partial charge in [-0.15, -0.1) is 0 Å². The Morgan fingerprint density at radius 3 is 1.50 bits per heavy atom. The van der Waals surface area contributed by atoms with Crippen LogP contribution in [0.5, 0.6) is 0 Å². The van der Waals surface area contributed by atoms with Gasteiger partial charge in [0.15, 0.2) is 0 Å². The van der Waals surface area contributed by atoms with E-state index in [9.17, 15) is 13.2 Å². The van der Waals surface area contributed by atoms with Gasteiger partial charge in [0.25, 0.3) is 0 Å². The topological polar surface area (TPSA) is 41.6 Å². The van der Waals surface area contributed by atoms with E-state index < -0.39 is 17.3 Å². The highest BCUT2D eigenvalue weighted by molar-refractivity contribution is 5.63. The predicted octanol–water partition coefficient (Wildman–Crippen LogP) is 6.87. The first kappa shape index (κ1) is 21.6. The van der Waals surface area contributed by atoms with Gasteiger partial charge >= 0.3 is 6.18 Å². The predicted molar refractivity (Wildman–Crippen MR) is 125 cm³/mol. The summed E-state index contributed by atoms with van der Waals surface area (Å²) in [6, 6.07) is 34.9. The summed E-state index contributed by atoms with van der Waals surface area (Å²) < 4.78 is 39.5. The van der Waals surface area contributed by atoms with Crippen LogP contribution in [0.15, 0.2) is 115 Å². The first-order valence-electron chi connectivity index (χ1n) is 10.8. The number of nitrogens with one attached hydrogen (secondary N) is 1. The number of pyridine rings is 1. The van der Waals surface area contributed by atoms with Gasteiger partial charge in [0.05, 0.1) is 11.1 Å². The number of hydrogen-bond acceptors (Lipinski definition) is 2. The van der Waals surface area contributed by atoms with Gasteiger partial charge in [0.2, 0.25) is 0 Å². The van der Waals surface area contributed by atoms with Crippen molar-refractivity contribution in [1.82, 2.24) is 15.2 Å². The molecule has 3 nitrogen and oxygen atoms in total. The molecule has 34 heavy (non-hydrogen) atoms. The van der Waals surface area contributed by atoms with Crippen LogP contribution in [0.3, 0.4) is 0 Å². The van der Waals surface area contributed by atoms with Crippen molar-refractivity contribution in [3.63, 3.8) is 0 Å². The second-order valence-corrected chi connectivity index (χ2v) is 7.94. The number of aromatic amines is 1. The van der Waals surface area contributed by atoms with E-state index in [0.29, 0.717) is 5.69 Å². The molecule has 5 aromatic rings. The Labute approximate surface area is 195 Å². The monoisotopic (exact) mass is 455 g/mol. The third-order valence-corrected chi connectivity index (χ3v) is 5.96. The van der Waals surface area contributed by atoms with Crippen LogP contribution in [-0.4, -0.2) is 15.2 Å². The van der Waals surface area contributed by atoms with Gasteiger partial charge in [-0.25, -0.2) is 0 Å². The number of hydrogen-bond donors (Lipinski definition) is 1. The first-order valence-corrected chi connectivity index (χ1v) is 10.8. The third kappa shape index (κ3) is 3.77. The maximum Gasteiger partial charge on any atom is 0.432 e. The summed E-state index contributed by atoms with van der Waals surface area (Å²) in [6.45, 7) is 0. The smallest absolute Gasteiger partial charge is 0.273 e. The number of aromatic nitrogens is 3. The fourth-order valence-electron chi connectivity index (χ4n) is 4.47. The lowest BCUT2D eigenvalue weighted by Crippen LogP contribution is -2.31. The van der Waals surface area contributed by atoms with Gasteiger partial charge in [-0.2, -0.15) is 18.3 Å². The van der Waals surface area contributed by atoms with E-state index in [4.69, 9.17) is 0 Å². The van der Waals surface area contributed by atoms with Crippen molar-refractivity contribution in [3.05, 3.63) is 143 Å². The first-order chi connectivity index (χ1) is 16.5. The molecule has 0 spiro atoms. The molecule has 0 radical (unpaired) electrons. The molecule has 6 heteroatoms. The van der Waals surface area contributed by atoms with Gasteiger partial charge in [0.1, 0.15) is 11.4 Å². The number of alkyl halides is 3. The Kier molecular flexibility index (Phi) is 5.49. The van der Waals surface area contributed by atoms with Crippen LogP contribution in [0.2, 0.25) is 0 Å². The van der Waals surface area contributed by atoms with E-state index in [2.05, 4.69) is 51.6 Å². The zero-order valence-electron chi connectivity index (χ0n) is 18.0. The third-order valence-electron chi connectivity index (χ3n) is 5.96. The molecule has 0 saturated heterocycles. The summed E-state index contributed by atoms with van der Waals surface area (Å²) in [6.07, 6.45) is -2.89. The summed E-state index contributed by atoms with van der Waals surface area (Å²) in [5, 5.41) is 5.97. The molecular weight excluding hydrogens is 435 g/mol. The zero-order chi connectivity index (χ0) is 23.6. The molecule has 0 fully saturated rings. The molecule has 1 N–H and O–H groups in total. The van der Waals surface area contributed by atoms with Crippen molar-refractivity contribution >= 4 is 0 Å². The zero-order valence-corrected chi connectivity index (χ0v) is 18.0. The molecule has 0 aliphatic heterocycles. The molecule has 2 heterocycles. The second-order valence-electron chi connectivity index (χ2n) is 7.94. The highest BCUT2D eigenvalue weighted by atomic mass is 19.4. The van der Waals surface area contributed by atoms with Gasteiger partial charge < -0.3 is 0 Å². The maximum atomic E-state index is 13.2. The molecule has 2 aromatic heterocycles. The summed E-state index contributed by atoms with van der Waals surface area (Å²) in [7, 11) is 0. The Bertz CT molecular complexity index is 1280. The van der Waals surface area contributed by atoms with Crippen LogP contribution >= 0.6 is 0 Å². The molecule has 168 valence electrons. The number of H-pyrrole nitrogens is 1. The minimum absolute atomic E-state index is 0.136. The van der Waals surface area contributed by atoms with E-state index in [1.165, 1.54) is 0 Å². The minimum atomic E-state index is -4.51. The molecular formula is C28H20F3N3. The summed E-state index contributed by atoms with van der Waals surface area (Å²) in [4.78, 5) is 4.35. The van der Waals surface area contributed by atoms with Gasteiger partial charge in [-0.05, 0) is 40.5 Å². The molecule has 0 aliphatic rings. The van der Waals surface area contributed by atoms with Crippen LogP contribution in [-0.2, 0) is 11.6 Å². The summed E-state index contributed by atoms with van der Waals surface area (Å²) in [5.41, 5.74) is 2.83. The van der Waals surface area contributed by atoms with Crippen LogP contribution in [0.4, 0.5) is 13.2 Å². The van der Waals surface area contributed by atoms with Crippen LogP contribution in [0.25, 0.3) is 11.4 Å². The molecule has 5 rings (SSSR count). The largest absolute Gasteiger partial charge is 0.432 e. The van der Waals surface area contributed by atoms with Gasteiger partial charge in [-0.3, -0.25) is 10.1 Å². The highest BCUT2D eigenvalue weighted by Crippen LogP contribution is 2.45. The molecule has 0 bridgehead atoms. The SMILES string of the molecule is FC(F)(F)c1cc(-c2cc(C(c3ccccc3)(c3ccccc3)c3ccccc3)ccn2)n[nH]1. The Hall–Kier alpha value is -4.19. The fraction of sp³-hybridized carbons (Fsp3) is 0.0714. The van der Waals surface area contributed by atoms with E-state index in [1.54, 1.807) is 6.20 Å². The number of rotatable bonds is 5. The maximum absolute atomic E-state index is 13.2. The summed E-state index contributed by atoms with van der Waals surface area (Å²) in [5.74, 6) is 0. The lowest BCUT2D eigenvalue weighted by molar-refractivity contribution is -0.141. The highest BCUT2D eigenvalue weighted by Gasteiger charge is 2.39. The molecule has 0 aliphatic carbocycles. The normalized spacial score (nSPS) is 12.0. The van der Waals surface area contributed by atoms with Crippen molar-refractivity contribution in [3.8, 4) is 11.4 Å². The van der Waals surface area contributed by atoms with E-state index in [-0.39, 0.29) is 5.69 Å². The molecule has 0 saturated carbocycles. The molecule has 0 amide bonds. The van der Waals surface area contributed by atoms with E-state index in [0.717, 1.165) is 28.3 Å². The van der Waals surface area contributed by atoms with Gasteiger partial charge in [-0.1, -0.05) is 91.0 Å². The van der Waals surface area contributed by atoms with E-state index >= 15 is 0 Å². The van der Waals surface area contributed by atoms with Crippen molar-refractivity contribution in [2.45, 2.75) is 11.6 Å². The Balaban J connectivity index is 1.79. The van der Waals surface area contributed by atoms with E-state index in [1.807, 2.05) is 66.7 Å². The lowest BCUT2D eigenvalue weighted by atomic mass is 9.65. The molecule has 3 aromatic carbocycles. The molecule has 0 atom stereocenters. The van der Waals surface area contributed by atoms with Crippen molar-refractivity contribution in [2.24, 2.45) is 0 Å². The number of nitrogens with zero attached hydrogens (tertiary/aromatic N) is 2. The average Bonchev–Trinajstić information content (AvgIpc) is 3.38. The second kappa shape index (κ2) is 8.63. The standard InChI is InChI=1S/C28H20F3N3/c29-28(30,31)26-19-25(33-34-26)24-18-23(16-17-32-24)27(20-10-4-1-5-11-20,21-12-6-2-7-13-21)22-14-8-3-9-15-22/h1-19H,(H,33,34). The number of halogens is 3. The Morgan fingerprint density at radius 2 is 1.06 bits per heavy atom. The average molecular weight is 455 g/mol. The van der Waals surface area contributed by atoms with Crippen LogP contribution < -0.4 is 0 Å². The van der Waals surface area contributed by atoms with Gasteiger partial charge in [0, 0.05) is 6.20 Å². The minimum Gasteiger partial charge on any atom is -0.273 e. The quantitative estimate of drug-likeness (QED) is 0.294. The lowest BCUT2D eigenvalue weighted by Gasteiger charge is -2.36. The van der Waals surface area contributed by atoms with Crippen molar-refractivity contribution in [2.75, 3.05) is 0 Å². The van der Waals surface area contributed by atoms with Crippen LogP contribution in [0, 0.1) is 0 Å². The molecule has 0 unspecified atom stereocenters. The van der Waals surface area contributed by atoms with Crippen molar-refractivity contribution < 1.29 is 13.2 Å². The van der Waals surface area contributed by atoms with Crippen LogP contribution in [0.1, 0.15) is 27.9 Å². The Morgan fingerprint density at radius 1 is 0.559 bits per heavy atom. The van der Waals surface area contributed by atoms with Crippen molar-refractivity contribution in [1.29, 1.82) is 0 Å².